The lowest BCUT2D eigenvalue weighted by atomic mass is 9.69. The molecule has 1 aliphatic heterocycles. The highest BCUT2D eigenvalue weighted by Crippen LogP contribution is 2.54. The molecule has 0 radical (unpaired) electrons. The lowest BCUT2D eigenvalue weighted by Gasteiger charge is -2.43. The Bertz CT molecular complexity index is 1800. The number of nitrogens with zero attached hydrogens (tertiary/aromatic N) is 3. The second kappa shape index (κ2) is 9.44. The van der Waals surface area contributed by atoms with Crippen molar-refractivity contribution in [1.29, 1.82) is 0 Å². The average molecular weight is 542 g/mol. The van der Waals surface area contributed by atoms with Crippen molar-refractivity contribution in [3.05, 3.63) is 107 Å². The minimum atomic E-state index is -0.210. The van der Waals surface area contributed by atoms with Crippen LogP contribution in [0.2, 0.25) is 0 Å². The molecule has 1 aliphatic rings. The van der Waals surface area contributed by atoms with E-state index in [4.69, 9.17) is 9.97 Å². The van der Waals surface area contributed by atoms with Crippen LogP contribution in [0, 0.1) is 6.92 Å². The molecule has 0 saturated heterocycles. The summed E-state index contributed by atoms with van der Waals surface area (Å²) in [6.45, 7) is 17.9. The number of phenols is 1. The minimum Gasteiger partial charge on any atom is -0.506 e. The predicted octanol–water partition coefficient (Wildman–Crippen LogP) is 9.84. The number of aryl methyl sites for hydroxylation is 1. The van der Waals surface area contributed by atoms with Gasteiger partial charge in [0.15, 0.2) is 0 Å². The molecule has 0 amide bonds. The van der Waals surface area contributed by atoms with Gasteiger partial charge in [-0.15, -0.1) is 0 Å². The second-order valence-electron chi connectivity index (χ2n) is 13.3. The Balaban J connectivity index is 1.66. The first-order chi connectivity index (χ1) is 19.4. The summed E-state index contributed by atoms with van der Waals surface area (Å²) in [4.78, 5) is 12.2. The maximum Gasteiger partial charge on any atom is 0.141 e. The minimum absolute atomic E-state index is 0.0634. The number of hydrogen-bond donors (Lipinski definition) is 1. The number of aromatic hydroxyl groups is 1. The van der Waals surface area contributed by atoms with Crippen molar-refractivity contribution in [1.82, 2.24) is 9.97 Å². The SMILES string of the molecule is Cc1ccc2c(c1)N(c1ccccn1)c1cc(-c3ccc4c(C(C)(C)C)ccc(O)c4n3)cc(C(C)C)c1C2(C)C. The van der Waals surface area contributed by atoms with E-state index in [1.165, 1.54) is 27.8 Å². The topological polar surface area (TPSA) is 49.2 Å². The number of anilines is 3. The van der Waals surface area contributed by atoms with Crippen molar-refractivity contribution in [3.63, 3.8) is 0 Å². The molecule has 0 atom stereocenters. The maximum atomic E-state index is 10.9. The lowest BCUT2D eigenvalue weighted by Crippen LogP contribution is -2.32. The van der Waals surface area contributed by atoms with Crippen LogP contribution in [0.4, 0.5) is 17.2 Å². The molecule has 0 aliphatic carbocycles. The van der Waals surface area contributed by atoms with Crippen LogP contribution >= 0.6 is 0 Å². The molecule has 1 N–H and O–H groups in total. The Hall–Kier alpha value is -4.18. The van der Waals surface area contributed by atoms with E-state index in [9.17, 15) is 5.11 Å². The molecule has 0 bridgehead atoms. The van der Waals surface area contributed by atoms with Gasteiger partial charge in [-0.1, -0.05) is 78.8 Å². The molecule has 41 heavy (non-hydrogen) atoms. The van der Waals surface area contributed by atoms with E-state index < -0.39 is 0 Å². The Kier molecular flexibility index (Phi) is 6.22. The molecular formula is C37H39N3O. The third-order valence-corrected chi connectivity index (χ3v) is 8.52. The van der Waals surface area contributed by atoms with Gasteiger partial charge in [-0.3, -0.25) is 4.90 Å². The van der Waals surface area contributed by atoms with Crippen molar-refractivity contribution in [3.8, 4) is 17.0 Å². The van der Waals surface area contributed by atoms with E-state index in [1.54, 1.807) is 6.07 Å². The smallest absolute Gasteiger partial charge is 0.141 e. The summed E-state index contributed by atoms with van der Waals surface area (Å²) in [5.74, 6) is 1.39. The van der Waals surface area contributed by atoms with E-state index in [0.717, 1.165) is 33.8 Å². The molecule has 5 aromatic rings. The zero-order chi connectivity index (χ0) is 29.3. The zero-order valence-corrected chi connectivity index (χ0v) is 25.4. The van der Waals surface area contributed by atoms with Crippen LogP contribution in [0.25, 0.3) is 22.2 Å². The fraction of sp³-hybridized carbons (Fsp3) is 0.297. The van der Waals surface area contributed by atoms with Gasteiger partial charge >= 0.3 is 0 Å². The van der Waals surface area contributed by atoms with E-state index in [2.05, 4.69) is 109 Å². The van der Waals surface area contributed by atoms with E-state index >= 15 is 0 Å². The van der Waals surface area contributed by atoms with Gasteiger partial charge < -0.3 is 5.11 Å². The van der Waals surface area contributed by atoms with Crippen LogP contribution in [-0.2, 0) is 10.8 Å². The number of fused-ring (bicyclic) bond motifs is 3. The Morgan fingerprint density at radius 2 is 1.66 bits per heavy atom. The highest BCUT2D eigenvalue weighted by atomic mass is 16.3. The Labute approximate surface area is 243 Å². The molecule has 0 unspecified atom stereocenters. The van der Waals surface area contributed by atoms with Crippen LogP contribution < -0.4 is 4.90 Å². The van der Waals surface area contributed by atoms with Crippen molar-refractivity contribution >= 4 is 28.1 Å². The quantitative estimate of drug-likeness (QED) is 0.247. The van der Waals surface area contributed by atoms with Crippen LogP contribution in [0.1, 0.15) is 82.2 Å². The molecule has 6 rings (SSSR count). The highest BCUT2D eigenvalue weighted by Gasteiger charge is 2.40. The highest BCUT2D eigenvalue weighted by molar-refractivity contribution is 5.92. The average Bonchev–Trinajstić information content (AvgIpc) is 2.92. The third kappa shape index (κ3) is 4.37. The molecule has 0 fully saturated rings. The molecule has 4 nitrogen and oxygen atoms in total. The summed E-state index contributed by atoms with van der Waals surface area (Å²) in [5, 5.41) is 11.9. The van der Waals surface area contributed by atoms with Gasteiger partial charge in [-0.2, -0.15) is 0 Å². The van der Waals surface area contributed by atoms with Crippen molar-refractivity contribution < 1.29 is 5.11 Å². The number of pyridine rings is 2. The van der Waals surface area contributed by atoms with E-state index in [0.29, 0.717) is 11.4 Å². The number of aromatic nitrogens is 2. The largest absolute Gasteiger partial charge is 0.506 e. The molecule has 0 spiro atoms. The molecule has 3 heterocycles. The van der Waals surface area contributed by atoms with E-state index in [-0.39, 0.29) is 16.6 Å². The summed E-state index contributed by atoms with van der Waals surface area (Å²) in [6, 6.07) is 25.4. The van der Waals surface area contributed by atoms with Gasteiger partial charge in [0.25, 0.3) is 0 Å². The van der Waals surface area contributed by atoms with Crippen LogP contribution in [0.3, 0.4) is 0 Å². The van der Waals surface area contributed by atoms with E-state index in [1.807, 2.05) is 24.4 Å². The molecule has 208 valence electrons. The fourth-order valence-corrected chi connectivity index (χ4v) is 6.48. The van der Waals surface area contributed by atoms with Gasteiger partial charge in [0.05, 0.1) is 17.1 Å². The summed E-state index contributed by atoms with van der Waals surface area (Å²) < 4.78 is 0. The summed E-state index contributed by atoms with van der Waals surface area (Å²) in [6.07, 6.45) is 1.86. The number of phenolic OH excluding ortho intramolecular Hbond substituents is 1. The van der Waals surface area contributed by atoms with Gasteiger partial charge in [-0.25, -0.2) is 9.97 Å². The van der Waals surface area contributed by atoms with Gasteiger partial charge in [0.2, 0.25) is 0 Å². The second-order valence-corrected chi connectivity index (χ2v) is 13.3. The summed E-state index contributed by atoms with van der Waals surface area (Å²) in [5.41, 5.74) is 10.8. The molecule has 2 aromatic heterocycles. The van der Waals surface area contributed by atoms with Gasteiger partial charge in [-0.05, 0) is 88.5 Å². The predicted molar refractivity (Wildman–Crippen MR) is 171 cm³/mol. The fourth-order valence-electron chi connectivity index (χ4n) is 6.48. The van der Waals surface area contributed by atoms with Gasteiger partial charge in [0.1, 0.15) is 17.1 Å². The standard InChI is InChI=1S/C37H39N3O/c1-22(2)26-20-24(29-16-13-25-27(36(4,5)6)15-17-32(41)35(25)39-29)21-31-34(26)37(7,8)28-14-12-23(3)19-30(28)40(31)33-11-9-10-18-38-33/h9-22,41H,1-8H3. The number of benzene rings is 3. The first-order valence-electron chi connectivity index (χ1n) is 14.5. The monoisotopic (exact) mass is 541 g/mol. The number of rotatable bonds is 3. The summed E-state index contributed by atoms with van der Waals surface area (Å²) in [7, 11) is 0. The molecular weight excluding hydrogens is 502 g/mol. The van der Waals surface area contributed by atoms with Crippen LogP contribution in [0.5, 0.6) is 5.75 Å². The van der Waals surface area contributed by atoms with Crippen molar-refractivity contribution in [2.45, 2.75) is 72.1 Å². The van der Waals surface area contributed by atoms with Crippen LogP contribution in [-0.4, -0.2) is 15.1 Å². The molecule has 0 saturated carbocycles. The van der Waals surface area contributed by atoms with Gasteiger partial charge in [0, 0.05) is 22.6 Å². The number of hydrogen-bond acceptors (Lipinski definition) is 4. The van der Waals surface area contributed by atoms with Crippen molar-refractivity contribution in [2.24, 2.45) is 0 Å². The first-order valence-corrected chi connectivity index (χ1v) is 14.5. The Morgan fingerprint density at radius 1 is 0.878 bits per heavy atom. The Morgan fingerprint density at radius 3 is 2.34 bits per heavy atom. The normalized spacial score (nSPS) is 14.3. The maximum absolute atomic E-state index is 10.9. The zero-order valence-electron chi connectivity index (χ0n) is 25.4. The van der Waals surface area contributed by atoms with Crippen molar-refractivity contribution in [2.75, 3.05) is 4.90 Å². The third-order valence-electron chi connectivity index (χ3n) is 8.52. The van der Waals surface area contributed by atoms with Crippen LogP contribution in [0.15, 0.2) is 79.0 Å². The molecule has 4 heteroatoms. The molecule has 3 aromatic carbocycles. The first kappa shape index (κ1) is 27.0. The summed E-state index contributed by atoms with van der Waals surface area (Å²) >= 11 is 0. The lowest BCUT2D eigenvalue weighted by molar-refractivity contribution is 0.479.